The third-order valence-corrected chi connectivity index (χ3v) is 10.4. The topological polar surface area (TPSA) is 57.3 Å². The lowest BCUT2D eigenvalue weighted by Crippen LogP contribution is -2.45. The van der Waals surface area contributed by atoms with E-state index in [0.29, 0.717) is 23.9 Å². The molecule has 2 aromatic heterocycles. The molecular formula is C32H40N4OS. The van der Waals surface area contributed by atoms with Crippen LogP contribution >= 0.6 is 11.3 Å². The summed E-state index contributed by atoms with van der Waals surface area (Å²) in [5.74, 6) is 0.628. The van der Waals surface area contributed by atoms with E-state index in [1.165, 1.54) is 63.4 Å². The largest absolute Gasteiger partial charge is 0.369 e. The number of hydrogen-bond donors (Lipinski definition) is 2. The van der Waals surface area contributed by atoms with Crippen LogP contribution in [0.3, 0.4) is 0 Å². The molecule has 3 aromatic rings. The summed E-state index contributed by atoms with van der Waals surface area (Å²) in [6.07, 6.45) is 9.43. The molecule has 2 N–H and O–H groups in total. The van der Waals surface area contributed by atoms with Gasteiger partial charge in [0.05, 0.1) is 16.5 Å². The van der Waals surface area contributed by atoms with Crippen molar-refractivity contribution in [3.05, 3.63) is 81.5 Å². The molecule has 0 saturated carbocycles. The zero-order chi connectivity index (χ0) is 26.4. The predicted molar refractivity (Wildman–Crippen MR) is 156 cm³/mol. The number of rotatable bonds is 8. The van der Waals surface area contributed by atoms with E-state index >= 15 is 0 Å². The fourth-order valence-electron chi connectivity index (χ4n) is 6.97. The third-order valence-electron chi connectivity index (χ3n) is 8.99. The normalized spacial score (nSPS) is 24.1. The molecule has 5 heterocycles. The first-order valence-electron chi connectivity index (χ1n) is 14.2. The van der Waals surface area contributed by atoms with Crippen molar-refractivity contribution < 1.29 is 4.79 Å². The van der Waals surface area contributed by atoms with Gasteiger partial charge in [-0.15, -0.1) is 11.3 Å². The van der Waals surface area contributed by atoms with E-state index in [0.717, 1.165) is 19.5 Å². The van der Waals surface area contributed by atoms with Crippen molar-refractivity contribution >= 4 is 22.2 Å². The molecule has 200 valence electrons. The van der Waals surface area contributed by atoms with Gasteiger partial charge in [-0.1, -0.05) is 29.3 Å². The summed E-state index contributed by atoms with van der Waals surface area (Å²) in [7, 11) is 0. The monoisotopic (exact) mass is 528 g/mol. The third kappa shape index (κ3) is 4.66. The first kappa shape index (κ1) is 25.6. The molecule has 0 aliphatic carbocycles. The van der Waals surface area contributed by atoms with Crippen LogP contribution < -0.4 is 10.6 Å². The zero-order valence-electron chi connectivity index (χ0n) is 23.1. The van der Waals surface area contributed by atoms with Crippen molar-refractivity contribution in [1.29, 1.82) is 0 Å². The van der Waals surface area contributed by atoms with E-state index in [2.05, 4.69) is 84.6 Å². The Morgan fingerprint density at radius 1 is 1.05 bits per heavy atom. The number of anilines is 1. The van der Waals surface area contributed by atoms with Gasteiger partial charge < -0.3 is 15.5 Å². The van der Waals surface area contributed by atoms with Crippen LogP contribution in [0.4, 0.5) is 5.00 Å². The Hall–Kier alpha value is -2.70. The minimum Gasteiger partial charge on any atom is -0.369 e. The molecule has 2 atom stereocenters. The summed E-state index contributed by atoms with van der Waals surface area (Å²) >= 11 is 1.79. The quantitative estimate of drug-likeness (QED) is 0.338. The number of carbonyl (C=O) groups excluding carboxylic acids is 1. The Labute approximate surface area is 231 Å². The molecule has 1 amide bonds. The summed E-state index contributed by atoms with van der Waals surface area (Å²) in [6.45, 7) is 10.5. The van der Waals surface area contributed by atoms with Gasteiger partial charge in [-0.3, -0.25) is 9.78 Å². The van der Waals surface area contributed by atoms with Crippen LogP contribution in [0, 0.1) is 13.8 Å². The van der Waals surface area contributed by atoms with E-state index in [-0.39, 0.29) is 6.04 Å². The van der Waals surface area contributed by atoms with Crippen molar-refractivity contribution in [3.63, 3.8) is 0 Å². The lowest BCUT2D eigenvalue weighted by molar-refractivity contribution is -0.137. The van der Waals surface area contributed by atoms with Crippen LogP contribution in [0.1, 0.15) is 84.2 Å². The highest BCUT2D eigenvalue weighted by Gasteiger charge is 2.48. The number of fused-ring (bicyclic) bond motifs is 3. The van der Waals surface area contributed by atoms with Crippen molar-refractivity contribution in [1.82, 2.24) is 15.2 Å². The lowest BCUT2D eigenvalue weighted by atomic mass is 9.86. The lowest BCUT2D eigenvalue weighted by Gasteiger charge is -2.32. The van der Waals surface area contributed by atoms with Crippen LogP contribution in [0.5, 0.6) is 0 Å². The van der Waals surface area contributed by atoms with Crippen molar-refractivity contribution in [2.24, 2.45) is 0 Å². The standard InChI is InChI=1S/C32H40N4OS/c1-20-15-21(2)17-23(16-20)29-27(19-34-14-11-22-9-12-33-13-10-22)26-18-28(38-30(26)35-29)32(3,4)31(37)36-24-5-6-25(36)8-7-24/h9-10,12-13,15-18,24-25,27,29,34-35H,5-8,11,14,19H2,1-4H3. The molecule has 2 fully saturated rings. The Balaban J connectivity index is 1.24. The van der Waals surface area contributed by atoms with E-state index in [1.807, 2.05) is 12.4 Å². The first-order chi connectivity index (χ1) is 18.3. The maximum absolute atomic E-state index is 13.8. The average Bonchev–Trinajstić information content (AvgIpc) is 3.67. The molecule has 2 saturated heterocycles. The minimum absolute atomic E-state index is 0.227. The van der Waals surface area contributed by atoms with Gasteiger partial charge in [-0.05, 0) is 101 Å². The number of amides is 1. The summed E-state index contributed by atoms with van der Waals surface area (Å²) in [5.41, 5.74) is 6.10. The number of hydrogen-bond acceptors (Lipinski definition) is 5. The van der Waals surface area contributed by atoms with Crippen molar-refractivity contribution in [3.8, 4) is 0 Å². The summed E-state index contributed by atoms with van der Waals surface area (Å²) in [4.78, 5) is 21.4. The highest BCUT2D eigenvalue weighted by molar-refractivity contribution is 7.16. The van der Waals surface area contributed by atoms with Crippen LogP contribution in [0.2, 0.25) is 0 Å². The fraction of sp³-hybridized carbons (Fsp3) is 0.500. The van der Waals surface area contributed by atoms with E-state index < -0.39 is 5.41 Å². The second kappa shape index (κ2) is 10.1. The number of benzene rings is 1. The second-order valence-corrected chi connectivity index (χ2v) is 13.2. The number of nitrogens with zero attached hydrogens (tertiary/aromatic N) is 2. The van der Waals surface area contributed by atoms with Gasteiger partial charge in [-0.25, -0.2) is 0 Å². The fourth-order valence-corrected chi connectivity index (χ4v) is 8.23. The number of aryl methyl sites for hydroxylation is 2. The molecule has 0 radical (unpaired) electrons. The van der Waals surface area contributed by atoms with Crippen LogP contribution in [-0.4, -0.2) is 41.0 Å². The van der Waals surface area contributed by atoms with Gasteiger partial charge in [-0.2, -0.15) is 0 Å². The molecule has 5 nitrogen and oxygen atoms in total. The number of aromatic nitrogens is 1. The number of pyridine rings is 1. The molecule has 2 bridgehead atoms. The summed E-state index contributed by atoms with van der Waals surface area (Å²) in [6, 6.07) is 14.6. The SMILES string of the molecule is Cc1cc(C)cc(C2Nc3sc(C(C)(C)C(=O)N4C5CCC4CC5)cc3C2CNCCc2ccncc2)c1. The number of thiophene rings is 1. The van der Waals surface area contributed by atoms with Gasteiger partial charge in [0.15, 0.2) is 0 Å². The first-order valence-corrected chi connectivity index (χ1v) is 15.0. The van der Waals surface area contributed by atoms with Gasteiger partial charge >= 0.3 is 0 Å². The molecule has 3 aliphatic heterocycles. The van der Waals surface area contributed by atoms with Crippen LogP contribution in [0.15, 0.2) is 48.8 Å². The molecule has 3 aliphatic rings. The second-order valence-electron chi connectivity index (χ2n) is 12.2. The van der Waals surface area contributed by atoms with Gasteiger partial charge in [0, 0.05) is 41.8 Å². The molecule has 6 rings (SSSR count). The smallest absolute Gasteiger partial charge is 0.233 e. The highest BCUT2D eigenvalue weighted by atomic mass is 32.1. The van der Waals surface area contributed by atoms with E-state index in [1.54, 1.807) is 11.3 Å². The predicted octanol–water partition coefficient (Wildman–Crippen LogP) is 6.27. The summed E-state index contributed by atoms with van der Waals surface area (Å²) < 4.78 is 0. The molecule has 2 unspecified atom stereocenters. The van der Waals surface area contributed by atoms with Gasteiger partial charge in [0.1, 0.15) is 0 Å². The van der Waals surface area contributed by atoms with Crippen LogP contribution in [-0.2, 0) is 16.6 Å². The Bertz CT molecular complexity index is 1280. The number of nitrogens with one attached hydrogen (secondary N) is 2. The zero-order valence-corrected chi connectivity index (χ0v) is 23.9. The molecule has 38 heavy (non-hydrogen) atoms. The molecule has 6 heteroatoms. The summed E-state index contributed by atoms with van der Waals surface area (Å²) in [5, 5.41) is 8.87. The van der Waals surface area contributed by atoms with Crippen molar-refractivity contribution in [2.45, 2.75) is 89.3 Å². The Morgan fingerprint density at radius 2 is 1.71 bits per heavy atom. The molecule has 0 spiro atoms. The molecule has 1 aromatic carbocycles. The van der Waals surface area contributed by atoms with Gasteiger partial charge in [0.25, 0.3) is 0 Å². The maximum atomic E-state index is 13.8. The van der Waals surface area contributed by atoms with E-state index in [4.69, 9.17) is 0 Å². The maximum Gasteiger partial charge on any atom is 0.233 e. The van der Waals surface area contributed by atoms with Gasteiger partial charge in [0.2, 0.25) is 5.91 Å². The van der Waals surface area contributed by atoms with E-state index in [9.17, 15) is 4.79 Å². The average molecular weight is 529 g/mol. The number of carbonyl (C=O) groups is 1. The highest BCUT2D eigenvalue weighted by Crippen LogP contribution is 2.51. The Morgan fingerprint density at radius 3 is 2.37 bits per heavy atom. The Kier molecular flexibility index (Phi) is 6.81. The minimum atomic E-state index is -0.503. The van der Waals surface area contributed by atoms with Crippen LogP contribution in [0.25, 0.3) is 0 Å². The van der Waals surface area contributed by atoms with Crippen molar-refractivity contribution in [2.75, 3.05) is 18.4 Å². The molecular weight excluding hydrogens is 488 g/mol.